The lowest BCUT2D eigenvalue weighted by Crippen LogP contribution is -2.46. The van der Waals surface area contributed by atoms with Crippen LogP contribution in [0.2, 0.25) is 0 Å². The Morgan fingerprint density at radius 2 is 1.83 bits per heavy atom. The van der Waals surface area contributed by atoms with E-state index in [2.05, 4.69) is 10.5 Å². The number of carbonyl (C=O) groups is 1. The van der Waals surface area contributed by atoms with Crippen LogP contribution in [0.1, 0.15) is 24.4 Å². The fraction of sp³-hybridized carbons (Fsp3) is 0.148. The summed E-state index contributed by atoms with van der Waals surface area (Å²) in [5, 5.41) is 7.32. The third kappa shape index (κ3) is 3.70. The van der Waals surface area contributed by atoms with Gasteiger partial charge in [0.15, 0.2) is 11.5 Å². The fourth-order valence-corrected chi connectivity index (χ4v) is 4.46. The molecule has 1 N–H and O–H groups in total. The van der Waals surface area contributed by atoms with Crippen LogP contribution >= 0.6 is 0 Å². The minimum atomic E-state index is -0.484. The molecular weight excluding hydrogens is 460 g/mol. The summed E-state index contributed by atoms with van der Waals surface area (Å²) in [6.07, 6.45) is 0. The van der Waals surface area contributed by atoms with E-state index >= 15 is 0 Å². The average molecular weight is 482 g/mol. The van der Waals surface area contributed by atoms with Crippen molar-refractivity contribution in [2.75, 3.05) is 18.8 Å². The van der Waals surface area contributed by atoms with Crippen molar-refractivity contribution < 1.29 is 23.5 Å². The van der Waals surface area contributed by atoms with E-state index in [1.807, 2.05) is 67.6 Å². The standard InChI is InChI=1S/C27H22N4O5/c1-16-23(26-29-25(30-36-26)18-9-6-10-20(13-18)33-2)24(17-7-4-3-5-8-17)28-27(32)31(16)19-11-12-21-22(14-19)35-15-34-21/h3-14,24H,15H2,1-2H3,(H,28,32). The van der Waals surface area contributed by atoms with Crippen molar-refractivity contribution in [3.05, 3.63) is 89.9 Å². The molecule has 9 nitrogen and oxygen atoms in total. The number of anilines is 1. The Morgan fingerprint density at radius 3 is 2.67 bits per heavy atom. The molecule has 0 radical (unpaired) electrons. The maximum atomic E-state index is 13.4. The smallest absolute Gasteiger partial charge is 0.327 e. The highest BCUT2D eigenvalue weighted by Gasteiger charge is 2.37. The molecule has 0 saturated heterocycles. The van der Waals surface area contributed by atoms with Crippen LogP contribution in [-0.4, -0.2) is 30.1 Å². The van der Waals surface area contributed by atoms with Crippen LogP contribution in [0.25, 0.3) is 17.0 Å². The molecule has 0 bridgehead atoms. The van der Waals surface area contributed by atoms with E-state index in [9.17, 15) is 4.79 Å². The molecule has 0 spiro atoms. The first kappa shape index (κ1) is 21.7. The normalized spacial score (nSPS) is 16.8. The topological polar surface area (TPSA) is 99.0 Å². The maximum Gasteiger partial charge on any atom is 0.327 e. The van der Waals surface area contributed by atoms with Crippen molar-refractivity contribution in [3.8, 4) is 28.6 Å². The lowest BCUT2D eigenvalue weighted by atomic mass is 9.94. The molecule has 180 valence electrons. The van der Waals surface area contributed by atoms with Crippen LogP contribution in [0, 0.1) is 0 Å². The Bertz CT molecular complexity index is 1480. The molecule has 1 atom stereocenters. The van der Waals surface area contributed by atoms with Gasteiger partial charge in [-0.15, -0.1) is 0 Å². The molecule has 0 saturated carbocycles. The summed E-state index contributed by atoms with van der Waals surface area (Å²) in [7, 11) is 1.61. The van der Waals surface area contributed by atoms with Gasteiger partial charge in [0.25, 0.3) is 5.89 Å². The van der Waals surface area contributed by atoms with Gasteiger partial charge in [0.1, 0.15) is 5.75 Å². The number of hydrogen-bond donors (Lipinski definition) is 1. The van der Waals surface area contributed by atoms with E-state index in [4.69, 9.17) is 23.7 Å². The predicted octanol–water partition coefficient (Wildman–Crippen LogP) is 5.18. The first-order chi connectivity index (χ1) is 17.6. The molecule has 1 aromatic heterocycles. The summed E-state index contributed by atoms with van der Waals surface area (Å²) in [6, 6.07) is 21.7. The molecule has 2 amide bonds. The van der Waals surface area contributed by atoms with Crippen molar-refractivity contribution in [2.24, 2.45) is 0 Å². The number of carbonyl (C=O) groups excluding carboxylic acids is 1. The predicted molar refractivity (Wildman–Crippen MR) is 132 cm³/mol. The van der Waals surface area contributed by atoms with Gasteiger partial charge >= 0.3 is 6.03 Å². The Kier molecular flexibility index (Phi) is 5.29. The molecule has 3 aromatic carbocycles. The van der Waals surface area contributed by atoms with Crippen LogP contribution in [0.4, 0.5) is 10.5 Å². The van der Waals surface area contributed by atoms with Crippen molar-refractivity contribution >= 4 is 17.3 Å². The van der Waals surface area contributed by atoms with E-state index in [-0.39, 0.29) is 12.8 Å². The van der Waals surface area contributed by atoms with Gasteiger partial charge in [0.05, 0.1) is 24.4 Å². The van der Waals surface area contributed by atoms with Gasteiger partial charge in [-0.05, 0) is 36.8 Å². The summed E-state index contributed by atoms with van der Waals surface area (Å²) in [5.41, 5.74) is 3.64. The summed E-state index contributed by atoms with van der Waals surface area (Å²) < 4.78 is 22.0. The first-order valence-corrected chi connectivity index (χ1v) is 11.4. The summed E-state index contributed by atoms with van der Waals surface area (Å²) in [6.45, 7) is 2.01. The lowest BCUT2D eigenvalue weighted by Gasteiger charge is -2.35. The maximum absolute atomic E-state index is 13.4. The highest BCUT2D eigenvalue weighted by atomic mass is 16.7. The van der Waals surface area contributed by atoms with Gasteiger partial charge in [0.2, 0.25) is 12.6 Å². The van der Waals surface area contributed by atoms with Crippen LogP contribution in [-0.2, 0) is 0 Å². The minimum absolute atomic E-state index is 0.149. The second kappa shape index (κ2) is 8.77. The minimum Gasteiger partial charge on any atom is -0.497 e. The highest BCUT2D eigenvalue weighted by molar-refractivity contribution is 6.01. The summed E-state index contributed by atoms with van der Waals surface area (Å²) in [4.78, 5) is 19.7. The van der Waals surface area contributed by atoms with Crippen molar-refractivity contribution in [1.29, 1.82) is 0 Å². The van der Waals surface area contributed by atoms with Gasteiger partial charge in [-0.2, -0.15) is 4.98 Å². The van der Waals surface area contributed by atoms with Crippen LogP contribution in [0.15, 0.2) is 83.0 Å². The quantitative estimate of drug-likeness (QED) is 0.419. The highest BCUT2D eigenvalue weighted by Crippen LogP contribution is 2.42. The number of aromatic nitrogens is 2. The number of benzene rings is 3. The summed E-state index contributed by atoms with van der Waals surface area (Å²) in [5.74, 6) is 2.64. The van der Waals surface area contributed by atoms with Crippen LogP contribution in [0.3, 0.4) is 0 Å². The fourth-order valence-electron chi connectivity index (χ4n) is 4.46. The summed E-state index contributed by atoms with van der Waals surface area (Å²) >= 11 is 0. The number of urea groups is 1. The van der Waals surface area contributed by atoms with Gasteiger partial charge in [-0.25, -0.2) is 4.79 Å². The van der Waals surface area contributed by atoms with Crippen LogP contribution < -0.4 is 24.4 Å². The van der Waals surface area contributed by atoms with E-state index in [1.165, 1.54) is 0 Å². The monoisotopic (exact) mass is 482 g/mol. The zero-order chi connectivity index (χ0) is 24.6. The third-order valence-electron chi connectivity index (χ3n) is 6.22. The second-order valence-electron chi connectivity index (χ2n) is 8.32. The SMILES string of the molecule is COc1cccc(-c2noc(C3=C(C)N(c4ccc5c(c4)OCO5)C(=O)NC3c3ccccc3)n2)c1. The number of allylic oxidation sites excluding steroid dienone is 1. The van der Waals surface area contributed by atoms with Gasteiger partial charge in [-0.3, -0.25) is 4.90 Å². The van der Waals surface area contributed by atoms with Crippen LogP contribution in [0.5, 0.6) is 17.2 Å². The zero-order valence-electron chi connectivity index (χ0n) is 19.6. The van der Waals surface area contributed by atoms with Crippen molar-refractivity contribution in [3.63, 3.8) is 0 Å². The molecular formula is C27H22N4O5. The second-order valence-corrected chi connectivity index (χ2v) is 8.32. The Balaban J connectivity index is 1.47. The van der Waals surface area contributed by atoms with Crippen molar-refractivity contribution in [2.45, 2.75) is 13.0 Å². The number of methoxy groups -OCH3 is 1. The molecule has 9 heteroatoms. The molecule has 2 aliphatic heterocycles. The lowest BCUT2D eigenvalue weighted by molar-refractivity contribution is 0.174. The molecule has 2 aliphatic rings. The third-order valence-corrected chi connectivity index (χ3v) is 6.22. The zero-order valence-corrected chi connectivity index (χ0v) is 19.6. The Labute approximate surface area is 206 Å². The average Bonchev–Trinajstić information content (AvgIpc) is 3.59. The largest absolute Gasteiger partial charge is 0.497 e. The Morgan fingerprint density at radius 1 is 1.00 bits per heavy atom. The van der Waals surface area contributed by atoms with E-state index in [0.29, 0.717) is 45.9 Å². The molecule has 3 heterocycles. The molecule has 6 rings (SSSR count). The Hall–Kier alpha value is -4.79. The molecule has 4 aromatic rings. The number of nitrogens with zero attached hydrogens (tertiary/aromatic N) is 3. The first-order valence-electron chi connectivity index (χ1n) is 11.4. The number of hydrogen-bond acceptors (Lipinski definition) is 7. The number of fused-ring (bicyclic) bond motifs is 1. The number of ether oxygens (including phenoxy) is 3. The molecule has 0 fully saturated rings. The van der Waals surface area contributed by atoms with Gasteiger partial charge in [0, 0.05) is 17.3 Å². The van der Waals surface area contributed by atoms with Gasteiger partial charge in [-0.1, -0.05) is 47.6 Å². The number of rotatable bonds is 5. The number of nitrogens with one attached hydrogen (secondary N) is 1. The van der Waals surface area contributed by atoms with Crippen molar-refractivity contribution in [1.82, 2.24) is 15.5 Å². The molecule has 0 aliphatic carbocycles. The van der Waals surface area contributed by atoms with Gasteiger partial charge < -0.3 is 24.1 Å². The molecule has 36 heavy (non-hydrogen) atoms. The number of amides is 2. The van der Waals surface area contributed by atoms with E-state index in [0.717, 1.165) is 11.1 Å². The van der Waals surface area contributed by atoms with E-state index < -0.39 is 6.04 Å². The molecule has 1 unspecified atom stereocenters. The van der Waals surface area contributed by atoms with E-state index in [1.54, 1.807) is 24.1 Å².